The van der Waals surface area contributed by atoms with Crippen LogP contribution in [0, 0.1) is 12.8 Å². The summed E-state index contributed by atoms with van der Waals surface area (Å²) < 4.78 is 5.19. The van der Waals surface area contributed by atoms with Crippen molar-refractivity contribution in [2.75, 3.05) is 32.8 Å². The predicted molar refractivity (Wildman–Crippen MR) is 114 cm³/mol. The number of esters is 1. The Kier molecular flexibility index (Phi) is 10.6. The second kappa shape index (κ2) is 12.1. The number of likely N-dealkylation sites (tertiary alicyclic amines) is 1. The van der Waals surface area contributed by atoms with Crippen molar-refractivity contribution in [3.8, 4) is 0 Å². The first-order valence-electron chi connectivity index (χ1n) is 9.34. The lowest BCUT2D eigenvalue weighted by molar-refractivity contribution is -0.149. The minimum Gasteiger partial charge on any atom is -0.466 e. The third kappa shape index (κ3) is 6.77. The largest absolute Gasteiger partial charge is 0.466 e. The normalized spacial score (nSPS) is 17.6. The topological polar surface area (TPSA) is 82.6 Å². The molecule has 0 spiro atoms. The van der Waals surface area contributed by atoms with Gasteiger partial charge < -0.3 is 15.0 Å². The lowest BCUT2D eigenvalue weighted by atomic mass is 9.98. The van der Waals surface area contributed by atoms with Crippen molar-refractivity contribution >= 4 is 35.9 Å². The minimum absolute atomic E-state index is 0. The van der Waals surface area contributed by atoms with Crippen LogP contribution in [-0.4, -0.2) is 59.8 Å². The number of aryl methyl sites for hydroxylation is 2. The Morgan fingerprint density at radius 1 is 1.50 bits per heavy atom. The molecule has 8 heteroatoms. The molecule has 148 valence electrons. The van der Waals surface area contributed by atoms with Gasteiger partial charge >= 0.3 is 5.97 Å². The van der Waals surface area contributed by atoms with Crippen molar-refractivity contribution < 1.29 is 9.53 Å². The molecular weight excluding hydrogens is 445 g/mol. The molecule has 0 aromatic carbocycles. The molecule has 7 nitrogen and oxygen atoms in total. The molecule has 0 bridgehead atoms. The Labute approximate surface area is 173 Å². The van der Waals surface area contributed by atoms with Crippen molar-refractivity contribution in [2.24, 2.45) is 10.9 Å². The van der Waals surface area contributed by atoms with E-state index in [1.165, 1.54) is 5.56 Å². The van der Waals surface area contributed by atoms with E-state index in [0.29, 0.717) is 13.2 Å². The van der Waals surface area contributed by atoms with Crippen LogP contribution in [-0.2, 0) is 16.0 Å². The Morgan fingerprint density at radius 2 is 2.31 bits per heavy atom. The molecular formula is C18H32IN5O2. The average Bonchev–Trinajstić information content (AvgIpc) is 3.03. The molecule has 26 heavy (non-hydrogen) atoms. The highest BCUT2D eigenvalue weighted by atomic mass is 127. The zero-order valence-electron chi connectivity index (χ0n) is 16.1. The van der Waals surface area contributed by atoms with Crippen molar-refractivity contribution in [2.45, 2.75) is 46.5 Å². The molecule has 2 rings (SSSR count). The van der Waals surface area contributed by atoms with E-state index in [-0.39, 0.29) is 35.9 Å². The summed E-state index contributed by atoms with van der Waals surface area (Å²) >= 11 is 0. The molecule has 1 aliphatic heterocycles. The van der Waals surface area contributed by atoms with E-state index in [1.54, 1.807) is 0 Å². The number of piperidine rings is 1. The zero-order chi connectivity index (χ0) is 18.1. The third-order valence-corrected chi connectivity index (χ3v) is 4.48. The van der Waals surface area contributed by atoms with E-state index in [2.05, 4.69) is 27.3 Å². The number of hydrogen-bond donors (Lipinski definition) is 2. The molecule has 1 saturated heterocycles. The minimum atomic E-state index is -0.0847. The standard InChI is InChI=1S/C18H31N5O2.HI/c1-4-19-18(20-10-6-8-15-12-21-22-14(15)3)23-11-7-9-16(13-23)17(24)25-5-2;/h12,16H,4-11,13H2,1-3H3,(H,19,20)(H,21,22);1H. The smallest absolute Gasteiger partial charge is 0.310 e. The van der Waals surface area contributed by atoms with Crippen LogP contribution >= 0.6 is 24.0 Å². The number of aliphatic imine (C=N–C) groups is 1. The summed E-state index contributed by atoms with van der Waals surface area (Å²) in [5.74, 6) is 0.769. The van der Waals surface area contributed by atoms with E-state index < -0.39 is 0 Å². The monoisotopic (exact) mass is 477 g/mol. The van der Waals surface area contributed by atoms with Crippen molar-refractivity contribution in [1.82, 2.24) is 20.4 Å². The number of rotatable bonds is 7. The van der Waals surface area contributed by atoms with E-state index in [9.17, 15) is 4.79 Å². The maximum atomic E-state index is 12.0. The van der Waals surface area contributed by atoms with Gasteiger partial charge in [-0.25, -0.2) is 0 Å². The first-order chi connectivity index (χ1) is 12.2. The number of carbonyl (C=O) groups excluding carboxylic acids is 1. The lowest BCUT2D eigenvalue weighted by Crippen LogP contribution is -2.48. The number of H-pyrrole nitrogens is 1. The number of guanidine groups is 1. The first-order valence-corrected chi connectivity index (χ1v) is 9.34. The van der Waals surface area contributed by atoms with Crippen LogP contribution in [0.1, 0.15) is 44.4 Å². The van der Waals surface area contributed by atoms with Gasteiger partial charge in [0, 0.05) is 31.9 Å². The van der Waals surface area contributed by atoms with E-state index in [1.807, 2.05) is 20.0 Å². The van der Waals surface area contributed by atoms with Crippen LogP contribution in [0.5, 0.6) is 0 Å². The number of hydrogen-bond acceptors (Lipinski definition) is 4. The quantitative estimate of drug-likeness (QED) is 0.207. The summed E-state index contributed by atoms with van der Waals surface area (Å²) in [5.41, 5.74) is 2.38. The Morgan fingerprint density at radius 3 is 2.96 bits per heavy atom. The van der Waals surface area contributed by atoms with Gasteiger partial charge in [0.05, 0.1) is 18.7 Å². The van der Waals surface area contributed by atoms with Crippen LogP contribution in [0.2, 0.25) is 0 Å². The maximum absolute atomic E-state index is 12.0. The Bertz CT molecular complexity index is 576. The van der Waals surface area contributed by atoms with Crippen LogP contribution in [0.3, 0.4) is 0 Å². The third-order valence-electron chi connectivity index (χ3n) is 4.48. The predicted octanol–water partition coefficient (Wildman–Crippen LogP) is 2.51. The highest BCUT2D eigenvalue weighted by molar-refractivity contribution is 14.0. The molecule has 1 atom stereocenters. The molecule has 0 radical (unpaired) electrons. The van der Waals surface area contributed by atoms with Gasteiger partial charge in [0.1, 0.15) is 0 Å². The molecule has 2 N–H and O–H groups in total. The summed E-state index contributed by atoms with van der Waals surface area (Å²) in [5, 5.41) is 10.4. The number of nitrogens with zero attached hydrogens (tertiary/aromatic N) is 3. The molecule has 0 amide bonds. The van der Waals surface area contributed by atoms with Gasteiger partial charge in [-0.15, -0.1) is 24.0 Å². The number of aromatic nitrogens is 2. The van der Waals surface area contributed by atoms with Crippen molar-refractivity contribution in [3.63, 3.8) is 0 Å². The average molecular weight is 477 g/mol. The maximum Gasteiger partial charge on any atom is 0.310 e. The molecule has 1 aromatic heterocycles. The van der Waals surface area contributed by atoms with Crippen molar-refractivity contribution in [1.29, 1.82) is 0 Å². The van der Waals surface area contributed by atoms with Gasteiger partial charge in [-0.1, -0.05) is 0 Å². The number of nitrogens with one attached hydrogen (secondary N) is 2. The highest BCUT2D eigenvalue weighted by Crippen LogP contribution is 2.18. The van der Waals surface area contributed by atoms with Gasteiger partial charge in [-0.3, -0.25) is 14.9 Å². The van der Waals surface area contributed by atoms with Crippen LogP contribution in [0.15, 0.2) is 11.2 Å². The molecule has 0 saturated carbocycles. The second-order valence-electron chi connectivity index (χ2n) is 6.40. The number of carbonyl (C=O) groups is 1. The molecule has 1 fully saturated rings. The summed E-state index contributed by atoms with van der Waals surface area (Å²) in [6.45, 7) is 9.60. The SMILES string of the molecule is CCNC(=NCCCc1cn[nH]c1C)N1CCCC(C(=O)OCC)C1.I. The van der Waals surface area contributed by atoms with Crippen LogP contribution in [0.25, 0.3) is 0 Å². The zero-order valence-corrected chi connectivity index (χ0v) is 18.4. The van der Waals surface area contributed by atoms with Gasteiger partial charge in [0.25, 0.3) is 0 Å². The summed E-state index contributed by atoms with van der Waals surface area (Å²) in [6.07, 6.45) is 5.72. The van der Waals surface area contributed by atoms with Gasteiger partial charge in [-0.2, -0.15) is 5.10 Å². The summed E-state index contributed by atoms with van der Waals surface area (Å²) in [4.78, 5) is 19.0. The summed E-state index contributed by atoms with van der Waals surface area (Å²) in [6, 6.07) is 0. The molecule has 1 aromatic rings. The first kappa shape index (κ1) is 22.7. The molecule has 1 aliphatic rings. The molecule has 2 heterocycles. The van der Waals surface area contributed by atoms with Gasteiger partial charge in [0.15, 0.2) is 5.96 Å². The van der Waals surface area contributed by atoms with Gasteiger partial charge in [0.2, 0.25) is 0 Å². The fraction of sp³-hybridized carbons (Fsp3) is 0.722. The lowest BCUT2D eigenvalue weighted by Gasteiger charge is -2.34. The summed E-state index contributed by atoms with van der Waals surface area (Å²) in [7, 11) is 0. The second-order valence-corrected chi connectivity index (χ2v) is 6.40. The number of halogens is 1. The Hall–Kier alpha value is -1.32. The van der Waals surface area contributed by atoms with E-state index in [4.69, 9.17) is 9.73 Å². The molecule has 0 aliphatic carbocycles. The van der Waals surface area contributed by atoms with E-state index in [0.717, 1.165) is 57.0 Å². The highest BCUT2D eigenvalue weighted by Gasteiger charge is 2.28. The Balaban J connectivity index is 0.00000338. The molecule has 1 unspecified atom stereocenters. The van der Waals surface area contributed by atoms with Crippen molar-refractivity contribution in [3.05, 3.63) is 17.5 Å². The van der Waals surface area contributed by atoms with E-state index >= 15 is 0 Å². The van der Waals surface area contributed by atoms with Crippen LogP contribution in [0.4, 0.5) is 0 Å². The number of ether oxygens (including phenoxy) is 1. The fourth-order valence-corrected chi connectivity index (χ4v) is 3.13. The number of aromatic amines is 1. The van der Waals surface area contributed by atoms with Gasteiger partial charge in [-0.05, 0) is 52.0 Å². The van der Waals surface area contributed by atoms with Crippen LogP contribution < -0.4 is 5.32 Å². The fourth-order valence-electron chi connectivity index (χ4n) is 3.13.